The summed E-state index contributed by atoms with van der Waals surface area (Å²) in [6.07, 6.45) is 11.2. The number of unbranched alkanes of at least 4 members (excludes halogenated alkanes) is 5. The van der Waals surface area contributed by atoms with Crippen molar-refractivity contribution >= 4 is 11.9 Å². The molecule has 0 aromatic heterocycles. The van der Waals surface area contributed by atoms with Crippen molar-refractivity contribution in [2.24, 2.45) is 4.99 Å². The third kappa shape index (κ3) is 6.57. The summed E-state index contributed by atoms with van der Waals surface area (Å²) in [5.41, 5.74) is 3.48. The van der Waals surface area contributed by atoms with Crippen LogP contribution < -0.4 is 4.74 Å². The summed E-state index contributed by atoms with van der Waals surface area (Å²) >= 11 is 0. The second-order valence-corrected chi connectivity index (χ2v) is 6.22. The van der Waals surface area contributed by atoms with E-state index in [0.29, 0.717) is 0 Å². The lowest BCUT2D eigenvalue weighted by molar-refractivity contribution is 0.415. The molecule has 2 heteroatoms. The maximum absolute atomic E-state index is 5.16. The van der Waals surface area contributed by atoms with Crippen molar-refractivity contribution in [1.29, 1.82) is 0 Å². The number of nitrogens with zero attached hydrogens (tertiary/aromatic N) is 1. The van der Waals surface area contributed by atoms with Gasteiger partial charge in [0.2, 0.25) is 0 Å². The first-order valence-electron chi connectivity index (χ1n) is 9.09. The van der Waals surface area contributed by atoms with Gasteiger partial charge in [0.1, 0.15) is 5.75 Å². The molecule has 0 atom stereocenters. The Balaban J connectivity index is 1.77. The molecule has 0 fully saturated rings. The number of aryl methyl sites for hydroxylation is 1. The van der Waals surface area contributed by atoms with Gasteiger partial charge in [-0.1, -0.05) is 51.2 Å². The molecule has 0 amide bonds. The lowest BCUT2D eigenvalue weighted by Gasteiger charge is -2.03. The normalized spacial score (nSPS) is 11.1. The van der Waals surface area contributed by atoms with Crippen LogP contribution in [0.15, 0.2) is 53.5 Å². The lowest BCUT2D eigenvalue weighted by atomic mass is 10.0. The SMILES string of the molecule is CCCCCCCCc1ccc(/N=C/c2ccc(OC)cc2)cc1. The van der Waals surface area contributed by atoms with Gasteiger partial charge in [0.15, 0.2) is 0 Å². The zero-order valence-corrected chi connectivity index (χ0v) is 15.0. The van der Waals surface area contributed by atoms with Crippen molar-refractivity contribution in [3.63, 3.8) is 0 Å². The minimum atomic E-state index is 0.867. The van der Waals surface area contributed by atoms with Crippen LogP contribution in [0, 0.1) is 0 Å². The summed E-state index contributed by atoms with van der Waals surface area (Å²) in [5, 5.41) is 0. The molecule has 0 aliphatic rings. The van der Waals surface area contributed by atoms with Gasteiger partial charge in [-0.3, -0.25) is 4.99 Å². The molecule has 2 aromatic carbocycles. The fourth-order valence-corrected chi connectivity index (χ4v) is 2.70. The van der Waals surface area contributed by atoms with Gasteiger partial charge in [-0.15, -0.1) is 0 Å². The van der Waals surface area contributed by atoms with Crippen molar-refractivity contribution in [3.05, 3.63) is 59.7 Å². The van der Waals surface area contributed by atoms with Crippen LogP contribution in [0.3, 0.4) is 0 Å². The molecule has 0 saturated carbocycles. The van der Waals surface area contributed by atoms with Gasteiger partial charge in [0.25, 0.3) is 0 Å². The predicted octanol–water partition coefficient (Wildman–Crippen LogP) is 6.35. The third-order valence-electron chi connectivity index (χ3n) is 4.23. The lowest BCUT2D eigenvalue weighted by Crippen LogP contribution is -1.86. The Morgan fingerprint density at radius 2 is 1.50 bits per heavy atom. The zero-order valence-electron chi connectivity index (χ0n) is 15.0. The average molecular weight is 323 g/mol. The van der Waals surface area contributed by atoms with Crippen LogP contribution in [0.5, 0.6) is 5.75 Å². The Hall–Kier alpha value is -2.09. The molecule has 0 spiro atoms. The number of hydrogen-bond donors (Lipinski definition) is 0. The molecule has 0 aliphatic carbocycles. The Morgan fingerprint density at radius 1 is 0.833 bits per heavy atom. The monoisotopic (exact) mass is 323 g/mol. The van der Waals surface area contributed by atoms with Gasteiger partial charge in [0.05, 0.1) is 12.8 Å². The minimum Gasteiger partial charge on any atom is -0.497 e. The number of aliphatic imine (C=N–C) groups is 1. The number of ether oxygens (including phenoxy) is 1. The first-order chi connectivity index (χ1) is 11.8. The van der Waals surface area contributed by atoms with Gasteiger partial charge >= 0.3 is 0 Å². The summed E-state index contributed by atoms with van der Waals surface area (Å²) < 4.78 is 5.16. The van der Waals surface area contributed by atoms with Crippen LogP contribution in [0.25, 0.3) is 0 Å². The molecule has 2 nitrogen and oxygen atoms in total. The Kier molecular flexibility index (Phi) is 8.09. The molecule has 2 rings (SSSR count). The Morgan fingerprint density at radius 3 is 2.17 bits per heavy atom. The van der Waals surface area contributed by atoms with Crippen molar-refractivity contribution in [2.45, 2.75) is 51.9 Å². The van der Waals surface area contributed by atoms with E-state index in [2.05, 4.69) is 36.2 Å². The number of hydrogen-bond acceptors (Lipinski definition) is 2. The molecule has 0 unspecified atom stereocenters. The van der Waals surface area contributed by atoms with E-state index in [9.17, 15) is 0 Å². The summed E-state index contributed by atoms with van der Waals surface area (Å²) in [6.45, 7) is 2.26. The highest BCUT2D eigenvalue weighted by molar-refractivity contribution is 5.82. The van der Waals surface area contributed by atoms with Gasteiger partial charge in [-0.05, 0) is 60.4 Å². The van der Waals surface area contributed by atoms with Crippen molar-refractivity contribution < 1.29 is 4.74 Å². The molecule has 0 radical (unpaired) electrons. The smallest absolute Gasteiger partial charge is 0.118 e. The van der Waals surface area contributed by atoms with Gasteiger partial charge in [-0.2, -0.15) is 0 Å². The number of rotatable bonds is 10. The van der Waals surface area contributed by atoms with E-state index >= 15 is 0 Å². The predicted molar refractivity (Wildman–Crippen MR) is 104 cm³/mol. The average Bonchev–Trinajstić information content (AvgIpc) is 2.64. The number of benzene rings is 2. The van der Waals surface area contributed by atoms with E-state index in [1.807, 2.05) is 30.5 Å². The van der Waals surface area contributed by atoms with E-state index in [-0.39, 0.29) is 0 Å². The molecule has 0 N–H and O–H groups in total. The molecule has 24 heavy (non-hydrogen) atoms. The molecule has 0 saturated heterocycles. The molecule has 128 valence electrons. The highest BCUT2D eigenvalue weighted by atomic mass is 16.5. The maximum atomic E-state index is 5.16. The minimum absolute atomic E-state index is 0.867. The molecule has 0 heterocycles. The first-order valence-corrected chi connectivity index (χ1v) is 9.09. The molecular formula is C22H29NO. The maximum Gasteiger partial charge on any atom is 0.118 e. The van der Waals surface area contributed by atoms with Crippen LogP contribution >= 0.6 is 0 Å². The van der Waals surface area contributed by atoms with E-state index in [1.165, 1.54) is 50.5 Å². The largest absolute Gasteiger partial charge is 0.497 e. The fourth-order valence-electron chi connectivity index (χ4n) is 2.70. The van der Waals surface area contributed by atoms with Gasteiger partial charge in [0, 0.05) is 6.21 Å². The third-order valence-corrected chi connectivity index (χ3v) is 4.23. The molecular weight excluding hydrogens is 294 g/mol. The standard InChI is InChI=1S/C22H29NO/c1-3-4-5-6-7-8-9-19-10-14-21(15-11-19)23-18-20-12-16-22(24-2)17-13-20/h10-18H,3-9H2,1-2H3/b23-18+. The summed E-state index contributed by atoms with van der Waals surface area (Å²) in [6, 6.07) is 16.5. The van der Waals surface area contributed by atoms with E-state index in [4.69, 9.17) is 4.74 Å². The van der Waals surface area contributed by atoms with Gasteiger partial charge < -0.3 is 4.74 Å². The summed E-state index contributed by atoms with van der Waals surface area (Å²) in [5.74, 6) is 0.867. The molecule has 0 bridgehead atoms. The van der Waals surface area contributed by atoms with Crippen LogP contribution in [0.4, 0.5) is 5.69 Å². The first kappa shape index (κ1) is 18.3. The van der Waals surface area contributed by atoms with Crippen LogP contribution in [0.2, 0.25) is 0 Å². The highest BCUT2D eigenvalue weighted by Crippen LogP contribution is 2.16. The fraction of sp³-hybridized carbons (Fsp3) is 0.409. The highest BCUT2D eigenvalue weighted by Gasteiger charge is 1.96. The number of methoxy groups -OCH3 is 1. The van der Waals surface area contributed by atoms with E-state index in [0.717, 1.165) is 17.0 Å². The van der Waals surface area contributed by atoms with Crippen molar-refractivity contribution in [2.75, 3.05) is 7.11 Å². The van der Waals surface area contributed by atoms with Gasteiger partial charge in [-0.25, -0.2) is 0 Å². The zero-order chi connectivity index (χ0) is 17.0. The van der Waals surface area contributed by atoms with E-state index in [1.54, 1.807) is 7.11 Å². The topological polar surface area (TPSA) is 21.6 Å². The van der Waals surface area contributed by atoms with Crippen LogP contribution in [-0.4, -0.2) is 13.3 Å². The van der Waals surface area contributed by atoms with Crippen molar-refractivity contribution in [1.82, 2.24) is 0 Å². The van der Waals surface area contributed by atoms with E-state index < -0.39 is 0 Å². The second kappa shape index (κ2) is 10.6. The second-order valence-electron chi connectivity index (χ2n) is 6.22. The van der Waals surface area contributed by atoms with Crippen molar-refractivity contribution in [3.8, 4) is 5.75 Å². The Labute approximate surface area is 146 Å². The van der Waals surface area contributed by atoms with Crippen LogP contribution in [0.1, 0.15) is 56.6 Å². The molecule has 0 aliphatic heterocycles. The Bertz CT molecular complexity index is 599. The quantitative estimate of drug-likeness (QED) is 0.369. The summed E-state index contributed by atoms with van der Waals surface area (Å²) in [4.78, 5) is 4.54. The van der Waals surface area contributed by atoms with Crippen LogP contribution in [-0.2, 0) is 6.42 Å². The molecule has 2 aromatic rings. The summed E-state index contributed by atoms with van der Waals surface area (Å²) in [7, 11) is 1.68.